The van der Waals surface area contributed by atoms with Crippen molar-refractivity contribution in [3.8, 4) is 0 Å². The van der Waals surface area contributed by atoms with E-state index in [1.165, 1.54) is 0 Å². The molecule has 2 aliphatic heterocycles. The van der Waals surface area contributed by atoms with Crippen LogP contribution in [0.1, 0.15) is 31.2 Å². The third-order valence-corrected chi connectivity index (χ3v) is 4.96. The molecule has 0 spiro atoms. The number of carbonyl (C=O) groups excluding carboxylic acids is 2. The van der Waals surface area contributed by atoms with E-state index in [1.54, 1.807) is 4.90 Å². The van der Waals surface area contributed by atoms with Crippen LogP contribution in [0.3, 0.4) is 0 Å². The molecule has 2 amide bonds. The summed E-state index contributed by atoms with van der Waals surface area (Å²) in [5, 5.41) is 0. The minimum Gasteiger partial charge on any atom is -0.338 e. The number of amides is 2. The molecule has 2 fully saturated rings. The molecule has 1 aromatic carbocycles. The van der Waals surface area contributed by atoms with Crippen molar-refractivity contribution >= 4 is 11.8 Å². The molecule has 2 N–H and O–H groups in total. The Hall–Kier alpha value is -1.88. The summed E-state index contributed by atoms with van der Waals surface area (Å²) >= 11 is 0. The Morgan fingerprint density at radius 2 is 2.00 bits per heavy atom. The van der Waals surface area contributed by atoms with Crippen molar-refractivity contribution < 1.29 is 9.59 Å². The Morgan fingerprint density at radius 3 is 2.74 bits per heavy atom. The van der Waals surface area contributed by atoms with Gasteiger partial charge in [0.25, 0.3) is 0 Å². The lowest BCUT2D eigenvalue weighted by molar-refractivity contribution is -0.139. The summed E-state index contributed by atoms with van der Waals surface area (Å²) in [6.45, 7) is 2.41. The molecule has 2 heterocycles. The molecule has 0 bridgehead atoms. The maximum Gasteiger partial charge on any atom is 0.228 e. The number of likely N-dealkylation sites (tertiary alicyclic amines) is 2. The molecule has 2 unspecified atom stereocenters. The van der Waals surface area contributed by atoms with Gasteiger partial charge in [0.2, 0.25) is 11.8 Å². The highest BCUT2D eigenvalue weighted by atomic mass is 16.2. The van der Waals surface area contributed by atoms with Crippen molar-refractivity contribution in [2.24, 2.45) is 11.7 Å². The van der Waals surface area contributed by atoms with Crippen LogP contribution < -0.4 is 5.73 Å². The van der Waals surface area contributed by atoms with Gasteiger partial charge in [0.15, 0.2) is 0 Å². The van der Waals surface area contributed by atoms with Crippen molar-refractivity contribution in [3.05, 3.63) is 35.9 Å². The van der Waals surface area contributed by atoms with Crippen LogP contribution >= 0.6 is 0 Å². The van der Waals surface area contributed by atoms with Crippen molar-refractivity contribution in [1.29, 1.82) is 0 Å². The van der Waals surface area contributed by atoms with Gasteiger partial charge in [-0.3, -0.25) is 9.59 Å². The zero-order valence-corrected chi connectivity index (χ0v) is 13.5. The molecule has 124 valence electrons. The quantitative estimate of drug-likeness (QED) is 0.912. The summed E-state index contributed by atoms with van der Waals surface area (Å²) in [5.41, 5.74) is 6.92. The maximum atomic E-state index is 12.8. The summed E-state index contributed by atoms with van der Waals surface area (Å²) < 4.78 is 0. The number of carbonyl (C=O) groups is 2. The molecule has 2 saturated heterocycles. The average Bonchev–Trinajstić information content (AvgIpc) is 2.96. The number of nitrogens with zero attached hydrogens (tertiary/aromatic N) is 2. The fourth-order valence-electron chi connectivity index (χ4n) is 3.66. The molecule has 0 radical (unpaired) electrons. The molecule has 3 rings (SSSR count). The van der Waals surface area contributed by atoms with Crippen molar-refractivity contribution in [3.63, 3.8) is 0 Å². The zero-order valence-electron chi connectivity index (χ0n) is 13.5. The summed E-state index contributed by atoms with van der Waals surface area (Å²) in [6, 6.07) is 10.1. The van der Waals surface area contributed by atoms with Gasteiger partial charge in [-0.1, -0.05) is 30.3 Å². The summed E-state index contributed by atoms with van der Waals surface area (Å²) in [7, 11) is 0. The first-order chi connectivity index (χ1) is 11.2. The van der Waals surface area contributed by atoms with Gasteiger partial charge in [0.1, 0.15) is 0 Å². The van der Waals surface area contributed by atoms with Crippen molar-refractivity contribution in [2.75, 3.05) is 19.6 Å². The highest BCUT2D eigenvalue weighted by molar-refractivity contribution is 5.89. The molecule has 1 aromatic rings. The summed E-state index contributed by atoms with van der Waals surface area (Å²) in [5.74, 6) is -0.0177. The average molecular weight is 315 g/mol. The zero-order chi connectivity index (χ0) is 16.2. The number of hydrogen-bond donors (Lipinski definition) is 1. The van der Waals surface area contributed by atoms with Crippen LogP contribution in [0.4, 0.5) is 0 Å². The first kappa shape index (κ1) is 16.0. The Bertz CT molecular complexity index is 561. The molecular weight excluding hydrogens is 290 g/mol. The fourth-order valence-corrected chi connectivity index (χ4v) is 3.66. The Kier molecular flexibility index (Phi) is 4.96. The van der Waals surface area contributed by atoms with Gasteiger partial charge in [-0.15, -0.1) is 0 Å². The van der Waals surface area contributed by atoms with Crippen molar-refractivity contribution in [2.45, 2.75) is 38.3 Å². The first-order valence-electron chi connectivity index (χ1n) is 8.51. The number of nitrogens with two attached hydrogens (primary N) is 1. The van der Waals surface area contributed by atoms with Crippen LogP contribution in [-0.4, -0.2) is 47.3 Å². The molecule has 2 aliphatic rings. The van der Waals surface area contributed by atoms with E-state index in [2.05, 4.69) is 0 Å². The van der Waals surface area contributed by atoms with Crippen LogP contribution in [0.5, 0.6) is 0 Å². The van der Waals surface area contributed by atoms with E-state index in [9.17, 15) is 9.59 Å². The highest BCUT2D eigenvalue weighted by Gasteiger charge is 2.38. The maximum absolute atomic E-state index is 12.8. The van der Waals surface area contributed by atoms with Gasteiger partial charge in [0, 0.05) is 38.6 Å². The van der Waals surface area contributed by atoms with E-state index < -0.39 is 0 Å². The molecule has 0 aromatic heterocycles. The minimum absolute atomic E-state index is 0.0773. The highest BCUT2D eigenvalue weighted by Crippen LogP contribution is 2.25. The van der Waals surface area contributed by atoms with Gasteiger partial charge in [-0.25, -0.2) is 0 Å². The van der Waals surface area contributed by atoms with Crippen LogP contribution in [-0.2, 0) is 16.1 Å². The lowest BCUT2D eigenvalue weighted by Crippen LogP contribution is -2.50. The lowest BCUT2D eigenvalue weighted by Gasteiger charge is -2.36. The van der Waals surface area contributed by atoms with Crippen LogP contribution in [0.25, 0.3) is 0 Å². The second kappa shape index (κ2) is 7.13. The number of piperidine rings is 1. The number of benzene rings is 1. The van der Waals surface area contributed by atoms with E-state index in [0.29, 0.717) is 26.1 Å². The van der Waals surface area contributed by atoms with Gasteiger partial charge in [-0.05, 0) is 24.8 Å². The van der Waals surface area contributed by atoms with E-state index >= 15 is 0 Å². The second-order valence-corrected chi connectivity index (χ2v) is 6.58. The summed E-state index contributed by atoms with van der Waals surface area (Å²) in [4.78, 5) is 28.8. The summed E-state index contributed by atoms with van der Waals surface area (Å²) in [6.07, 6.45) is 3.49. The van der Waals surface area contributed by atoms with E-state index in [0.717, 1.165) is 31.4 Å². The van der Waals surface area contributed by atoms with Crippen LogP contribution in [0.2, 0.25) is 0 Å². The molecule has 5 nitrogen and oxygen atoms in total. The first-order valence-corrected chi connectivity index (χ1v) is 8.51. The van der Waals surface area contributed by atoms with E-state index in [4.69, 9.17) is 5.73 Å². The van der Waals surface area contributed by atoms with Gasteiger partial charge in [-0.2, -0.15) is 0 Å². The Morgan fingerprint density at radius 1 is 1.22 bits per heavy atom. The molecule has 5 heteroatoms. The molecule has 23 heavy (non-hydrogen) atoms. The third kappa shape index (κ3) is 3.55. The Balaban J connectivity index is 1.63. The third-order valence-electron chi connectivity index (χ3n) is 4.96. The molecule has 0 saturated carbocycles. The fraction of sp³-hybridized carbons (Fsp3) is 0.556. The smallest absolute Gasteiger partial charge is 0.228 e. The standard InChI is InChI=1S/C18H25N3O2/c19-11-16-8-4-5-9-21(16)18(23)15-10-17(22)20(13-15)12-14-6-2-1-3-7-14/h1-3,6-7,15-16H,4-5,8-13,19H2. The largest absolute Gasteiger partial charge is 0.338 e. The van der Waals surface area contributed by atoms with Gasteiger partial charge >= 0.3 is 0 Å². The number of hydrogen-bond acceptors (Lipinski definition) is 3. The topological polar surface area (TPSA) is 66.6 Å². The predicted molar refractivity (Wildman–Crippen MR) is 88.4 cm³/mol. The van der Waals surface area contributed by atoms with Gasteiger partial charge in [0.05, 0.1) is 5.92 Å². The SMILES string of the molecule is NCC1CCCCN1C(=O)C1CC(=O)N(Cc2ccccc2)C1. The minimum atomic E-state index is -0.210. The second-order valence-electron chi connectivity index (χ2n) is 6.58. The van der Waals surface area contributed by atoms with Gasteiger partial charge < -0.3 is 15.5 Å². The van der Waals surface area contributed by atoms with E-state index in [-0.39, 0.29) is 23.8 Å². The van der Waals surface area contributed by atoms with Crippen LogP contribution in [0.15, 0.2) is 30.3 Å². The molecular formula is C18H25N3O2. The molecule has 2 atom stereocenters. The number of rotatable bonds is 4. The van der Waals surface area contributed by atoms with Crippen molar-refractivity contribution in [1.82, 2.24) is 9.80 Å². The van der Waals surface area contributed by atoms with E-state index in [1.807, 2.05) is 35.2 Å². The Labute approximate surface area is 137 Å². The predicted octanol–water partition coefficient (Wildman–Crippen LogP) is 1.37. The lowest BCUT2D eigenvalue weighted by atomic mass is 9.98. The monoisotopic (exact) mass is 315 g/mol. The molecule has 0 aliphatic carbocycles. The van der Waals surface area contributed by atoms with Crippen LogP contribution in [0, 0.1) is 5.92 Å². The normalized spacial score (nSPS) is 25.0.